The van der Waals surface area contributed by atoms with Gasteiger partial charge in [0.15, 0.2) is 0 Å². The molecular formula is C11H12BrNO2. The van der Waals surface area contributed by atoms with Crippen LogP contribution in [0.4, 0.5) is 5.69 Å². The van der Waals surface area contributed by atoms with E-state index in [-0.39, 0.29) is 0 Å². The molecule has 0 amide bonds. The van der Waals surface area contributed by atoms with Crippen LogP contribution in [0.15, 0.2) is 22.7 Å². The van der Waals surface area contributed by atoms with Gasteiger partial charge in [-0.2, -0.15) is 0 Å². The lowest BCUT2D eigenvalue weighted by molar-refractivity contribution is 0.0697. The molecule has 1 aliphatic heterocycles. The number of benzene rings is 1. The van der Waals surface area contributed by atoms with E-state index in [9.17, 15) is 4.79 Å². The summed E-state index contributed by atoms with van der Waals surface area (Å²) in [6, 6.07) is 5.30. The molecule has 0 radical (unpaired) electrons. The molecule has 0 unspecified atom stereocenters. The van der Waals surface area contributed by atoms with Gasteiger partial charge in [0.05, 0.1) is 11.3 Å². The van der Waals surface area contributed by atoms with Crippen LogP contribution in [0.2, 0.25) is 0 Å². The third kappa shape index (κ3) is 2.15. The zero-order chi connectivity index (χ0) is 10.8. The van der Waals surface area contributed by atoms with E-state index in [4.69, 9.17) is 5.11 Å². The highest BCUT2D eigenvalue weighted by atomic mass is 79.9. The molecule has 0 atom stereocenters. The predicted molar refractivity (Wildman–Crippen MR) is 62.5 cm³/mol. The molecule has 80 valence electrons. The average molecular weight is 270 g/mol. The van der Waals surface area contributed by atoms with Crippen LogP contribution in [-0.2, 0) is 0 Å². The SMILES string of the molecule is O=C(O)c1ccc(Br)cc1N1CCCC1. The van der Waals surface area contributed by atoms with Gasteiger partial charge in [0.25, 0.3) is 0 Å². The second-order valence-corrected chi connectivity index (χ2v) is 4.58. The van der Waals surface area contributed by atoms with Gasteiger partial charge in [0.2, 0.25) is 0 Å². The summed E-state index contributed by atoms with van der Waals surface area (Å²) < 4.78 is 0.925. The van der Waals surface area contributed by atoms with Crippen molar-refractivity contribution in [1.82, 2.24) is 0 Å². The maximum Gasteiger partial charge on any atom is 0.337 e. The van der Waals surface area contributed by atoms with Crippen LogP contribution in [-0.4, -0.2) is 24.2 Å². The number of carboxylic acids is 1. The van der Waals surface area contributed by atoms with Crippen molar-refractivity contribution in [2.45, 2.75) is 12.8 Å². The van der Waals surface area contributed by atoms with Gasteiger partial charge in [-0.15, -0.1) is 0 Å². The molecule has 2 rings (SSSR count). The summed E-state index contributed by atoms with van der Waals surface area (Å²) in [4.78, 5) is 13.2. The first-order valence-corrected chi connectivity index (χ1v) is 5.75. The van der Waals surface area contributed by atoms with E-state index in [0.29, 0.717) is 5.56 Å². The molecule has 1 heterocycles. The Kier molecular flexibility index (Phi) is 2.95. The van der Waals surface area contributed by atoms with Crippen LogP contribution in [0.25, 0.3) is 0 Å². The van der Waals surface area contributed by atoms with Crippen LogP contribution < -0.4 is 4.90 Å². The summed E-state index contributed by atoms with van der Waals surface area (Å²) in [5.74, 6) is -0.857. The number of rotatable bonds is 2. The van der Waals surface area contributed by atoms with Crippen molar-refractivity contribution < 1.29 is 9.90 Å². The highest BCUT2D eigenvalue weighted by molar-refractivity contribution is 9.10. The second kappa shape index (κ2) is 4.23. The summed E-state index contributed by atoms with van der Waals surface area (Å²) in [5.41, 5.74) is 1.22. The fourth-order valence-electron chi connectivity index (χ4n) is 1.91. The summed E-state index contributed by atoms with van der Waals surface area (Å²) >= 11 is 3.37. The quantitative estimate of drug-likeness (QED) is 0.898. The third-order valence-electron chi connectivity index (χ3n) is 2.64. The average Bonchev–Trinajstić information content (AvgIpc) is 2.69. The van der Waals surface area contributed by atoms with E-state index in [0.717, 1.165) is 36.1 Å². The molecular weight excluding hydrogens is 258 g/mol. The number of hydrogen-bond donors (Lipinski definition) is 1. The minimum atomic E-state index is -0.857. The first-order valence-electron chi connectivity index (χ1n) is 4.96. The maximum atomic E-state index is 11.0. The van der Waals surface area contributed by atoms with Gasteiger partial charge in [0.1, 0.15) is 0 Å². The number of nitrogens with zero attached hydrogens (tertiary/aromatic N) is 1. The fourth-order valence-corrected chi connectivity index (χ4v) is 2.25. The molecule has 3 nitrogen and oxygen atoms in total. The molecule has 0 aliphatic carbocycles. The van der Waals surface area contributed by atoms with E-state index in [2.05, 4.69) is 20.8 Å². The van der Waals surface area contributed by atoms with E-state index >= 15 is 0 Å². The Hall–Kier alpha value is -1.03. The highest BCUT2D eigenvalue weighted by Gasteiger charge is 2.19. The minimum absolute atomic E-state index is 0.389. The first kappa shape index (κ1) is 10.5. The van der Waals surface area contributed by atoms with Gasteiger partial charge < -0.3 is 10.0 Å². The van der Waals surface area contributed by atoms with Gasteiger partial charge in [-0.3, -0.25) is 0 Å². The van der Waals surface area contributed by atoms with Gasteiger partial charge in [-0.05, 0) is 31.0 Å². The number of hydrogen-bond acceptors (Lipinski definition) is 2. The van der Waals surface area contributed by atoms with Crippen molar-refractivity contribution in [3.63, 3.8) is 0 Å². The van der Waals surface area contributed by atoms with Gasteiger partial charge >= 0.3 is 5.97 Å². The van der Waals surface area contributed by atoms with Gasteiger partial charge in [-0.25, -0.2) is 4.79 Å². The van der Waals surface area contributed by atoms with Crippen LogP contribution in [0.1, 0.15) is 23.2 Å². The van der Waals surface area contributed by atoms with E-state index in [1.165, 1.54) is 0 Å². The Morgan fingerprint density at radius 2 is 2.00 bits per heavy atom. The van der Waals surface area contributed by atoms with E-state index < -0.39 is 5.97 Å². The Morgan fingerprint density at radius 3 is 2.60 bits per heavy atom. The van der Waals surface area contributed by atoms with Gasteiger partial charge in [0, 0.05) is 17.6 Å². The Labute approximate surface area is 96.8 Å². The number of carboxylic acid groups (broad SMARTS) is 1. The molecule has 1 fully saturated rings. The molecule has 1 aliphatic rings. The number of halogens is 1. The van der Waals surface area contributed by atoms with E-state index in [1.807, 2.05) is 6.07 Å². The zero-order valence-electron chi connectivity index (χ0n) is 8.24. The lowest BCUT2D eigenvalue weighted by Crippen LogP contribution is -2.20. The molecule has 1 N–H and O–H groups in total. The van der Waals surface area contributed by atoms with Crippen LogP contribution in [0, 0.1) is 0 Å². The molecule has 1 aromatic carbocycles. The van der Waals surface area contributed by atoms with Crippen LogP contribution >= 0.6 is 15.9 Å². The Bertz CT molecular complexity index is 386. The molecule has 1 saturated heterocycles. The lowest BCUT2D eigenvalue weighted by Gasteiger charge is -2.20. The molecule has 0 bridgehead atoms. The summed E-state index contributed by atoms with van der Waals surface area (Å²) in [6.07, 6.45) is 2.29. The van der Waals surface area contributed by atoms with Crippen molar-refractivity contribution >= 4 is 27.6 Å². The van der Waals surface area contributed by atoms with Crippen LogP contribution in [0.3, 0.4) is 0 Å². The number of anilines is 1. The van der Waals surface area contributed by atoms with Crippen molar-refractivity contribution in [2.24, 2.45) is 0 Å². The van der Waals surface area contributed by atoms with Crippen molar-refractivity contribution in [3.05, 3.63) is 28.2 Å². The molecule has 0 aromatic heterocycles. The maximum absolute atomic E-state index is 11.0. The largest absolute Gasteiger partial charge is 0.478 e. The van der Waals surface area contributed by atoms with Gasteiger partial charge in [-0.1, -0.05) is 15.9 Å². The van der Waals surface area contributed by atoms with E-state index in [1.54, 1.807) is 12.1 Å². The normalized spacial score (nSPS) is 15.7. The first-order chi connectivity index (χ1) is 7.18. The third-order valence-corrected chi connectivity index (χ3v) is 3.13. The molecule has 1 aromatic rings. The minimum Gasteiger partial charge on any atom is -0.478 e. The molecule has 15 heavy (non-hydrogen) atoms. The van der Waals surface area contributed by atoms with Crippen molar-refractivity contribution in [2.75, 3.05) is 18.0 Å². The monoisotopic (exact) mass is 269 g/mol. The van der Waals surface area contributed by atoms with Crippen molar-refractivity contribution in [1.29, 1.82) is 0 Å². The molecule has 4 heteroatoms. The summed E-state index contributed by atoms with van der Waals surface area (Å²) in [6.45, 7) is 1.91. The molecule has 0 spiro atoms. The fraction of sp³-hybridized carbons (Fsp3) is 0.364. The number of aromatic carboxylic acids is 1. The smallest absolute Gasteiger partial charge is 0.337 e. The predicted octanol–water partition coefficient (Wildman–Crippen LogP) is 2.75. The molecule has 0 saturated carbocycles. The summed E-state index contributed by atoms with van der Waals surface area (Å²) in [5, 5.41) is 9.07. The van der Waals surface area contributed by atoms with Crippen LogP contribution in [0.5, 0.6) is 0 Å². The standard InChI is InChI=1S/C11H12BrNO2/c12-8-3-4-9(11(14)15)10(7-8)13-5-1-2-6-13/h3-4,7H,1-2,5-6H2,(H,14,15). The highest BCUT2D eigenvalue weighted by Crippen LogP contribution is 2.28. The lowest BCUT2D eigenvalue weighted by atomic mass is 10.1. The Morgan fingerprint density at radius 1 is 1.33 bits per heavy atom. The topological polar surface area (TPSA) is 40.5 Å². The summed E-state index contributed by atoms with van der Waals surface area (Å²) in [7, 11) is 0. The number of carbonyl (C=O) groups is 1. The zero-order valence-corrected chi connectivity index (χ0v) is 9.83. The van der Waals surface area contributed by atoms with Crippen molar-refractivity contribution in [3.8, 4) is 0 Å². The Balaban J connectivity index is 2.41. The second-order valence-electron chi connectivity index (χ2n) is 3.66.